The van der Waals surface area contributed by atoms with Gasteiger partial charge in [0.25, 0.3) is 0 Å². The number of imidazole rings is 1. The third kappa shape index (κ3) is 4.81. The van der Waals surface area contributed by atoms with Gasteiger partial charge < -0.3 is 15.0 Å². The lowest BCUT2D eigenvalue weighted by Crippen LogP contribution is -2.49. The molecule has 1 fully saturated rings. The van der Waals surface area contributed by atoms with Crippen molar-refractivity contribution in [2.75, 3.05) is 19.7 Å². The van der Waals surface area contributed by atoms with E-state index >= 15 is 0 Å². The summed E-state index contributed by atoms with van der Waals surface area (Å²) in [4.78, 5) is 21.9. The maximum absolute atomic E-state index is 12.8. The number of nitrogens with zero attached hydrogens (tertiary/aromatic N) is 2. The van der Waals surface area contributed by atoms with Crippen LogP contribution in [0.25, 0.3) is 0 Å². The molecule has 0 bridgehead atoms. The fourth-order valence-electron chi connectivity index (χ4n) is 2.91. The highest BCUT2D eigenvalue weighted by atomic mass is 16.3. The monoisotopic (exact) mass is 308 g/mol. The quantitative estimate of drug-likeness (QED) is 0.706. The Balaban J connectivity index is 1.90. The van der Waals surface area contributed by atoms with E-state index in [1.165, 1.54) is 0 Å². The minimum absolute atomic E-state index is 0.171. The number of carbonyl (C=O) groups is 1. The number of aromatic nitrogens is 2. The number of piperidine rings is 1. The molecule has 2 rings (SSSR count). The topological polar surface area (TPSA) is 81.2 Å². The van der Waals surface area contributed by atoms with Crippen LogP contribution >= 0.6 is 0 Å². The number of aliphatic hydroxyl groups excluding tert-OH is 1. The summed E-state index contributed by atoms with van der Waals surface area (Å²) in [6.07, 6.45) is 6.12. The number of likely N-dealkylation sites (tertiary alicyclic amines) is 1. The minimum Gasteiger partial charge on any atom is -0.396 e. The average molecular weight is 308 g/mol. The molecule has 124 valence electrons. The van der Waals surface area contributed by atoms with E-state index in [0.717, 1.165) is 38.2 Å². The Kier molecular flexibility index (Phi) is 6.39. The normalized spacial score (nSPS) is 17.9. The van der Waals surface area contributed by atoms with Gasteiger partial charge in [-0.3, -0.25) is 10.1 Å². The summed E-state index contributed by atoms with van der Waals surface area (Å²) in [6, 6.07) is -0.171. The molecule has 1 aromatic rings. The first-order chi connectivity index (χ1) is 10.6. The predicted molar refractivity (Wildman–Crippen MR) is 85.1 cm³/mol. The Hall–Kier alpha value is -1.40. The Bertz CT molecular complexity index is 439. The second kappa shape index (κ2) is 8.29. The van der Waals surface area contributed by atoms with Crippen molar-refractivity contribution in [2.45, 2.75) is 45.7 Å². The predicted octanol–water partition coefficient (Wildman–Crippen LogP) is 1.14. The molecule has 1 aliphatic heterocycles. The van der Waals surface area contributed by atoms with Gasteiger partial charge in [0.2, 0.25) is 5.91 Å². The van der Waals surface area contributed by atoms with Crippen molar-refractivity contribution in [1.82, 2.24) is 20.2 Å². The molecule has 3 N–H and O–H groups in total. The lowest BCUT2D eigenvalue weighted by molar-refractivity contribution is -0.135. The zero-order valence-electron chi connectivity index (χ0n) is 13.6. The van der Waals surface area contributed by atoms with Crippen LogP contribution in [0.4, 0.5) is 0 Å². The largest absolute Gasteiger partial charge is 0.396 e. The molecule has 6 heteroatoms. The summed E-state index contributed by atoms with van der Waals surface area (Å²) in [5.41, 5.74) is 0. The summed E-state index contributed by atoms with van der Waals surface area (Å²) in [7, 11) is 0. The summed E-state index contributed by atoms with van der Waals surface area (Å²) >= 11 is 0. The van der Waals surface area contributed by atoms with Crippen molar-refractivity contribution < 1.29 is 9.90 Å². The third-order valence-electron chi connectivity index (χ3n) is 4.26. The molecule has 1 aliphatic rings. The number of aromatic amines is 1. The van der Waals surface area contributed by atoms with Crippen LogP contribution < -0.4 is 5.32 Å². The van der Waals surface area contributed by atoms with Crippen molar-refractivity contribution in [3.8, 4) is 0 Å². The molecule has 0 aliphatic carbocycles. The van der Waals surface area contributed by atoms with Gasteiger partial charge in [-0.25, -0.2) is 4.98 Å². The van der Waals surface area contributed by atoms with Gasteiger partial charge in [-0.1, -0.05) is 13.8 Å². The van der Waals surface area contributed by atoms with E-state index < -0.39 is 0 Å². The number of rotatable bonds is 7. The second-order valence-corrected chi connectivity index (χ2v) is 6.55. The first kappa shape index (κ1) is 17.0. The lowest BCUT2D eigenvalue weighted by atomic mass is 9.96. The fraction of sp³-hybridized carbons (Fsp3) is 0.750. The Morgan fingerprint density at radius 1 is 1.50 bits per heavy atom. The molecule has 1 unspecified atom stereocenters. The van der Waals surface area contributed by atoms with Gasteiger partial charge in [-0.2, -0.15) is 0 Å². The number of H-pyrrole nitrogens is 1. The van der Waals surface area contributed by atoms with Crippen LogP contribution in [0.1, 0.15) is 38.9 Å². The van der Waals surface area contributed by atoms with E-state index in [-0.39, 0.29) is 18.6 Å². The van der Waals surface area contributed by atoms with Gasteiger partial charge in [0, 0.05) is 32.1 Å². The molecule has 1 amide bonds. The smallest absolute Gasteiger partial charge is 0.239 e. The van der Waals surface area contributed by atoms with Crippen LogP contribution in [0.15, 0.2) is 12.4 Å². The van der Waals surface area contributed by atoms with E-state index in [9.17, 15) is 9.90 Å². The van der Waals surface area contributed by atoms with E-state index in [0.29, 0.717) is 18.4 Å². The van der Waals surface area contributed by atoms with Gasteiger partial charge in [0.15, 0.2) is 0 Å². The van der Waals surface area contributed by atoms with E-state index in [1.54, 1.807) is 12.4 Å². The summed E-state index contributed by atoms with van der Waals surface area (Å²) < 4.78 is 0. The zero-order valence-corrected chi connectivity index (χ0v) is 13.6. The molecule has 0 spiro atoms. The SMILES string of the molecule is CC(C)CC(NCc1ncc[nH]1)C(=O)N1CCC(CO)CC1. The van der Waals surface area contributed by atoms with Crippen LogP contribution in [0.5, 0.6) is 0 Å². The molecule has 6 nitrogen and oxygen atoms in total. The number of amides is 1. The zero-order chi connectivity index (χ0) is 15.9. The molecule has 0 saturated carbocycles. The molecule has 0 aromatic carbocycles. The second-order valence-electron chi connectivity index (χ2n) is 6.55. The van der Waals surface area contributed by atoms with E-state index in [2.05, 4.69) is 29.1 Å². The maximum atomic E-state index is 12.8. The summed E-state index contributed by atoms with van der Waals surface area (Å²) in [5.74, 6) is 1.83. The third-order valence-corrected chi connectivity index (χ3v) is 4.26. The van der Waals surface area contributed by atoms with Gasteiger partial charge in [0.05, 0.1) is 12.6 Å². The van der Waals surface area contributed by atoms with E-state index in [4.69, 9.17) is 0 Å². The summed E-state index contributed by atoms with van der Waals surface area (Å²) in [5, 5.41) is 12.5. The Morgan fingerprint density at radius 2 is 2.23 bits per heavy atom. The molecular weight excluding hydrogens is 280 g/mol. The summed E-state index contributed by atoms with van der Waals surface area (Å²) in [6.45, 7) is 6.57. The molecule has 22 heavy (non-hydrogen) atoms. The molecule has 1 aromatic heterocycles. The number of carbonyl (C=O) groups excluding carboxylic acids is 1. The molecule has 0 radical (unpaired) electrons. The molecule has 2 heterocycles. The fourth-order valence-corrected chi connectivity index (χ4v) is 2.91. The first-order valence-electron chi connectivity index (χ1n) is 8.21. The number of hydrogen-bond acceptors (Lipinski definition) is 4. The average Bonchev–Trinajstić information content (AvgIpc) is 3.04. The van der Waals surface area contributed by atoms with Crippen molar-refractivity contribution in [2.24, 2.45) is 11.8 Å². The van der Waals surface area contributed by atoms with Gasteiger partial charge in [-0.05, 0) is 31.1 Å². The number of aliphatic hydroxyl groups is 1. The van der Waals surface area contributed by atoms with Gasteiger partial charge in [0.1, 0.15) is 5.82 Å². The van der Waals surface area contributed by atoms with E-state index in [1.807, 2.05) is 4.90 Å². The Labute approximate surface area is 132 Å². The van der Waals surface area contributed by atoms with Crippen molar-refractivity contribution in [3.05, 3.63) is 18.2 Å². The number of nitrogens with one attached hydrogen (secondary N) is 2. The maximum Gasteiger partial charge on any atom is 0.239 e. The standard InChI is InChI=1S/C16H28N4O2/c1-12(2)9-14(19-10-15-17-5-6-18-15)16(22)20-7-3-13(11-21)4-8-20/h5-6,12-14,19,21H,3-4,7-11H2,1-2H3,(H,17,18). The highest BCUT2D eigenvalue weighted by Gasteiger charge is 2.28. The van der Waals surface area contributed by atoms with Crippen LogP contribution in [0, 0.1) is 11.8 Å². The van der Waals surface area contributed by atoms with Crippen LogP contribution in [-0.2, 0) is 11.3 Å². The van der Waals surface area contributed by atoms with Crippen LogP contribution in [0.3, 0.4) is 0 Å². The first-order valence-corrected chi connectivity index (χ1v) is 8.21. The van der Waals surface area contributed by atoms with Crippen molar-refractivity contribution >= 4 is 5.91 Å². The van der Waals surface area contributed by atoms with Gasteiger partial charge >= 0.3 is 0 Å². The van der Waals surface area contributed by atoms with Crippen molar-refractivity contribution in [3.63, 3.8) is 0 Å². The lowest BCUT2D eigenvalue weighted by Gasteiger charge is -2.34. The minimum atomic E-state index is -0.171. The number of hydrogen-bond donors (Lipinski definition) is 3. The molecule has 1 saturated heterocycles. The van der Waals surface area contributed by atoms with Gasteiger partial charge in [-0.15, -0.1) is 0 Å². The van der Waals surface area contributed by atoms with Crippen molar-refractivity contribution in [1.29, 1.82) is 0 Å². The van der Waals surface area contributed by atoms with Crippen LogP contribution in [0.2, 0.25) is 0 Å². The Morgan fingerprint density at radius 3 is 2.77 bits per heavy atom. The highest BCUT2D eigenvalue weighted by Crippen LogP contribution is 2.18. The molecule has 1 atom stereocenters. The van der Waals surface area contributed by atoms with Crippen LogP contribution in [-0.4, -0.2) is 51.6 Å². The molecular formula is C16H28N4O2. The highest BCUT2D eigenvalue weighted by molar-refractivity contribution is 5.82.